The minimum atomic E-state index is -3.62. The third kappa shape index (κ3) is 4.62. The Morgan fingerprint density at radius 2 is 1.83 bits per heavy atom. The number of carbonyl (C=O) groups is 1. The Kier molecular flexibility index (Phi) is 5.69. The van der Waals surface area contributed by atoms with Crippen molar-refractivity contribution in [2.75, 3.05) is 11.9 Å². The molecule has 0 atom stereocenters. The van der Waals surface area contributed by atoms with E-state index in [0.29, 0.717) is 5.82 Å². The summed E-state index contributed by atoms with van der Waals surface area (Å²) in [4.78, 5) is 16.2. The van der Waals surface area contributed by atoms with Gasteiger partial charge < -0.3 is 5.32 Å². The molecular formula is C17H21N3O3S. The molecule has 0 unspecified atom stereocenters. The summed E-state index contributed by atoms with van der Waals surface area (Å²) in [5.74, 6) is 0.194. The molecule has 24 heavy (non-hydrogen) atoms. The van der Waals surface area contributed by atoms with Gasteiger partial charge in [-0.1, -0.05) is 12.1 Å². The summed E-state index contributed by atoms with van der Waals surface area (Å²) in [6.45, 7) is 5.64. The Balaban J connectivity index is 1.92. The summed E-state index contributed by atoms with van der Waals surface area (Å²) in [6, 6.07) is 8.56. The molecule has 0 aliphatic carbocycles. The maximum Gasteiger partial charge on any atom is 0.240 e. The van der Waals surface area contributed by atoms with Crippen molar-refractivity contribution in [2.45, 2.75) is 32.1 Å². The van der Waals surface area contributed by atoms with Gasteiger partial charge in [0, 0.05) is 19.2 Å². The minimum Gasteiger partial charge on any atom is -0.310 e. The topological polar surface area (TPSA) is 88.2 Å². The van der Waals surface area contributed by atoms with Gasteiger partial charge in [-0.3, -0.25) is 4.79 Å². The highest BCUT2D eigenvalue weighted by atomic mass is 32.2. The number of benzene rings is 1. The molecule has 0 bridgehead atoms. The fourth-order valence-corrected chi connectivity index (χ4v) is 3.19. The Labute approximate surface area is 142 Å². The van der Waals surface area contributed by atoms with Crippen LogP contribution in [0.3, 0.4) is 0 Å². The van der Waals surface area contributed by atoms with E-state index in [9.17, 15) is 13.2 Å². The van der Waals surface area contributed by atoms with Gasteiger partial charge in [0.1, 0.15) is 5.82 Å². The second kappa shape index (κ2) is 7.55. The molecule has 0 saturated heterocycles. The molecule has 0 aliphatic heterocycles. The van der Waals surface area contributed by atoms with Gasteiger partial charge in [0.15, 0.2) is 0 Å². The monoisotopic (exact) mass is 347 g/mol. The normalized spacial score (nSPS) is 11.3. The SMILES string of the molecule is Cc1ccc(S(=O)(=O)NCCC(=O)Nc2ncccc2C)cc1C. The number of sulfonamides is 1. The number of nitrogens with one attached hydrogen (secondary N) is 2. The standard InChI is InChI=1S/C17H21N3O3S/c1-12-6-7-15(11-14(12)3)24(22,23)19-10-8-16(21)20-17-13(2)5-4-9-18-17/h4-7,9,11,19H,8,10H2,1-3H3,(H,18,20,21). The third-order valence-corrected chi connectivity index (χ3v) is 5.16. The van der Waals surface area contributed by atoms with E-state index in [1.165, 1.54) is 0 Å². The lowest BCUT2D eigenvalue weighted by atomic mass is 10.1. The van der Waals surface area contributed by atoms with Crippen molar-refractivity contribution in [2.24, 2.45) is 0 Å². The van der Waals surface area contributed by atoms with Crippen LogP contribution in [0.15, 0.2) is 41.4 Å². The molecule has 1 heterocycles. The van der Waals surface area contributed by atoms with E-state index in [1.54, 1.807) is 30.5 Å². The number of nitrogens with zero attached hydrogens (tertiary/aromatic N) is 1. The predicted molar refractivity (Wildman–Crippen MR) is 93.3 cm³/mol. The van der Waals surface area contributed by atoms with E-state index in [4.69, 9.17) is 0 Å². The van der Waals surface area contributed by atoms with E-state index in [-0.39, 0.29) is 23.8 Å². The van der Waals surface area contributed by atoms with Crippen LogP contribution in [0.4, 0.5) is 5.82 Å². The first-order valence-electron chi connectivity index (χ1n) is 7.58. The zero-order chi connectivity index (χ0) is 17.7. The number of anilines is 1. The molecule has 0 spiro atoms. The fraction of sp³-hybridized carbons (Fsp3) is 0.294. The van der Waals surface area contributed by atoms with Crippen LogP contribution in [0.25, 0.3) is 0 Å². The number of hydrogen-bond acceptors (Lipinski definition) is 4. The summed E-state index contributed by atoms with van der Waals surface area (Å²) < 4.78 is 26.9. The third-order valence-electron chi connectivity index (χ3n) is 3.70. The molecular weight excluding hydrogens is 326 g/mol. The molecule has 0 saturated carbocycles. The van der Waals surface area contributed by atoms with Gasteiger partial charge in [-0.05, 0) is 55.7 Å². The predicted octanol–water partition coefficient (Wildman–Crippen LogP) is 2.31. The number of pyridine rings is 1. The molecule has 128 valence electrons. The van der Waals surface area contributed by atoms with Gasteiger partial charge in [0.25, 0.3) is 0 Å². The van der Waals surface area contributed by atoms with Crippen LogP contribution in [0.1, 0.15) is 23.1 Å². The number of hydrogen-bond donors (Lipinski definition) is 2. The summed E-state index contributed by atoms with van der Waals surface area (Å²) in [6.07, 6.45) is 1.62. The fourth-order valence-electron chi connectivity index (χ4n) is 2.07. The maximum atomic E-state index is 12.2. The Morgan fingerprint density at radius 1 is 1.08 bits per heavy atom. The summed E-state index contributed by atoms with van der Waals surface area (Å²) in [7, 11) is -3.62. The van der Waals surface area contributed by atoms with Crippen molar-refractivity contribution in [1.82, 2.24) is 9.71 Å². The molecule has 0 radical (unpaired) electrons. The molecule has 6 nitrogen and oxygen atoms in total. The van der Waals surface area contributed by atoms with Crippen molar-refractivity contribution >= 4 is 21.7 Å². The van der Waals surface area contributed by atoms with Gasteiger partial charge in [0.2, 0.25) is 15.9 Å². The van der Waals surface area contributed by atoms with Crippen molar-refractivity contribution in [3.05, 3.63) is 53.2 Å². The van der Waals surface area contributed by atoms with Gasteiger partial charge in [-0.25, -0.2) is 18.1 Å². The van der Waals surface area contributed by atoms with Gasteiger partial charge in [-0.15, -0.1) is 0 Å². The van der Waals surface area contributed by atoms with Crippen molar-refractivity contribution in [1.29, 1.82) is 0 Å². The van der Waals surface area contributed by atoms with Crippen molar-refractivity contribution < 1.29 is 13.2 Å². The average Bonchev–Trinajstić information content (AvgIpc) is 2.52. The van der Waals surface area contributed by atoms with Crippen LogP contribution in [0.2, 0.25) is 0 Å². The molecule has 2 aromatic rings. The van der Waals surface area contributed by atoms with E-state index in [2.05, 4.69) is 15.0 Å². The molecule has 2 rings (SSSR count). The second-order valence-corrected chi connectivity index (χ2v) is 7.38. The number of carbonyl (C=O) groups excluding carboxylic acids is 1. The zero-order valence-electron chi connectivity index (χ0n) is 14.0. The Bertz CT molecular complexity index is 848. The first kappa shape index (κ1) is 18.1. The highest BCUT2D eigenvalue weighted by molar-refractivity contribution is 7.89. The number of aromatic nitrogens is 1. The Morgan fingerprint density at radius 3 is 2.50 bits per heavy atom. The molecule has 1 aromatic carbocycles. The lowest BCUT2D eigenvalue weighted by molar-refractivity contribution is -0.116. The van der Waals surface area contributed by atoms with Crippen LogP contribution in [-0.4, -0.2) is 25.9 Å². The van der Waals surface area contributed by atoms with Gasteiger partial charge in [0.05, 0.1) is 4.90 Å². The average molecular weight is 347 g/mol. The van der Waals surface area contributed by atoms with E-state index in [0.717, 1.165) is 16.7 Å². The Hall–Kier alpha value is -2.25. The summed E-state index contributed by atoms with van der Waals surface area (Å²) in [5.41, 5.74) is 2.78. The lowest BCUT2D eigenvalue weighted by Gasteiger charge is -2.09. The first-order chi connectivity index (χ1) is 11.3. The van der Waals surface area contributed by atoms with Gasteiger partial charge in [-0.2, -0.15) is 0 Å². The number of aryl methyl sites for hydroxylation is 3. The highest BCUT2D eigenvalue weighted by Crippen LogP contribution is 2.14. The molecule has 1 aromatic heterocycles. The largest absolute Gasteiger partial charge is 0.310 e. The lowest BCUT2D eigenvalue weighted by Crippen LogP contribution is -2.28. The smallest absolute Gasteiger partial charge is 0.240 e. The van der Waals surface area contributed by atoms with Crippen LogP contribution < -0.4 is 10.0 Å². The summed E-state index contributed by atoms with van der Waals surface area (Å²) in [5, 5.41) is 2.67. The molecule has 0 fully saturated rings. The molecule has 2 N–H and O–H groups in total. The van der Waals surface area contributed by atoms with E-state index < -0.39 is 10.0 Å². The zero-order valence-corrected chi connectivity index (χ0v) is 14.8. The second-order valence-electron chi connectivity index (χ2n) is 5.61. The van der Waals surface area contributed by atoms with Crippen molar-refractivity contribution in [3.8, 4) is 0 Å². The molecule has 1 amide bonds. The highest BCUT2D eigenvalue weighted by Gasteiger charge is 2.15. The van der Waals surface area contributed by atoms with Crippen LogP contribution in [0.5, 0.6) is 0 Å². The van der Waals surface area contributed by atoms with Crippen molar-refractivity contribution in [3.63, 3.8) is 0 Å². The maximum absolute atomic E-state index is 12.2. The minimum absolute atomic E-state index is 0.0208. The van der Waals surface area contributed by atoms with Crippen LogP contribution >= 0.6 is 0 Å². The number of rotatable bonds is 6. The molecule has 0 aliphatic rings. The van der Waals surface area contributed by atoms with Crippen LogP contribution in [-0.2, 0) is 14.8 Å². The van der Waals surface area contributed by atoms with E-state index in [1.807, 2.05) is 26.8 Å². The molecule has 7 heteroatoms. The van der Waals surface area contributed by atoms with Gasteiger partial charge >= 0.3 is 0 Å². The summed E-state index contributed by atoms with van der Waals surface area (Å²) >= 11 is 0. The quantitative estimate of drug-likeness (QED) is 0.839. The van der Waals surface area contributed by atoms with E-state index >= 15 is 0 Å². The van der Waals surface area contributed by atoms with Crippen LogP contribution in [0, 0.1) is 20.8 Å². The first-order valence-corrected chi connectivity index (χ1v) is 9.06. The number of amides is 1.